The van der Waals surface area contributed by atoms with Crippen LogP contribution < -0.4 is 5.73 Å². The van der Waals surface area contributed by atoms with Crippen LogP contribution in [-0.4, -0.2) is 27.4 Å². The molecule has 0 radical (unpaired) electrons. The topological polar surface area (TPSA) is 72.0 Å². The van der Waals surface area contributed by atoms with Crippen LogP contribution in [0.5, 0.6) is 0 Å². The van der Waals surface area contributed by atoms with Gasteiger partial charge >= 0.3 is 0 Å². The molecular weight excluding hydrogens is 222 g/mol. The van der Waals surface area contributed by atoms with E-state index in [9.17, 15) is 0 Å². The van der Waals surface area contributed by atoms with Gasteiger partial charge in [0.05, 0.1) is 0 Å². The summed E-state index contributed by atoms with van der Waals surface area (Å²) >= 11 is 1.64. The highest BCUT2D eigenvalue weighted by atomic mass is 32.2. The van der Waals surface area contributed by atoms with Crippen molar-refractivity contribution < 1.29 is 5.11 Å². The Kier molecular flexibility index (Phi) is 6.18. The number of nitrogens with zero attached hydrogens (tertiary/aromatic N) is 2. The minimum atomic E-state index is 0.296. The lowest BCUT2D eigenvalue weighted by molar-refractivity contribution is 0.283. The first-order valence-electron chi connectivity index (χ1n) is 5.57. The number of hydrogen-bond donors (Lipinski definition) is 2. The number of rotatable bonds is 7. The van der Waals surface area contributed by atoms with Crippen molar-refractivity contribution >= 4 is 17.6 Å². The Hall–Kier alpha value is -0.810. The fourth-order valence-corrected chi connectivity index (χ4v) is 2.27. The summed E-state index contributed by atoms with van der Waals surface area (Å²) in [7, 11) is 0. The number of nitrogens with two attached hydrogens (primary N) is 1. The summed E-state index contributed by atoms with van der Waals surface area (Å²) in [6, 6.07) is 1.77. The smallest absolute Gasteiger partial charge is 0.189 e. The van der Waals surface area contributed by atoms with Crippen molar-refractivity contribution in [3.63, 3.8) is 0 Å². The zero-order valence-electron chi connectivity index (χ0n) is 9.65. The summed E-state index contributed by atoms with van der Waals surface area (Å²) in [6.45, 7) is 2.22. The van der Waals surface area contributed by atoms with Crippen LogP contribution >= 0.6 is 11.8 Å². The van der Waals surface area contributed by atoms with Crippen molar-refractivity contribution in [2.45, 2.75) is 37.8 Å². The van der Waals surface area contributed by atoms with E-state index in [2.05, 4.69) is 9.97 Å². The van der Waals surface area contributed by atoms with Gasteiger partial charge in [-0.25, -0.2) is 9.97 Å². The van der Waals surface area contributed by atoms with E-state index in [-0.39, 0.29) is 0 Å². The van der Waals surface area contributed by atoms with Crippen molar-refractivity contribution in [2.75, 3.05) is 18.1 Å². The molecule has 16 heavy (non-hydrogen) atoms. The van der Waals surface area contributed by atoms with Gasteiger partial charge in [0.1, 0.15) is 5.82 Å². The molecule has 0 saturated carbocycles. The minimum absolute atomic E-state index is 0.296. The van der Waals surface area contributed by atoms with E-state index in [1.54, 1.807) is 17.8 Å². The number of unbranched alkanes of at least 4 members (excludes halogenated alkanes) is 3. The van der Waals surface area contributed by atoms with E-state index in [4.69, 9.17) is 10.8 Å². The fourth-order valence-electron chi connectivity index (χ4n) is 1.36. The van der Waals surface area contributed by atoms with Gasteiger partial charge in [0.25, 0.3) is 0 Å². The summed E-state index contributed by atoms with van der Waals surface area (Å²) in [5, 5.41) is 9.39. The summed E-state index contributed by atoms with van der Waals surface area (Å²) in [5.74, 6) is 1.55. The molecule has 0 atom stereocenters. The first-order valence-corrected chi connectivity index (χ1v) is 6.56. The molecule has 90 valence electrons. The van der Waals surface area contributed by atoms with E-state index < -0.39 is 0 Å². The maximum Gasteiger partial charge on any atom is 0.189 e. The van der Waals surface area contributed by atoms with Crippen molar-refractivity contribution in [1.82, 2.24) is 9.97 Å². The zero-order valence-corrected chi connectivity index (χ0v) is 10.5. The van der Waals surface area contributed by atoms with Gasteiger partial charge in [-0.1, -0.05) is 24.6 Å². The molecule has 0 aliphatic carbocycles. The average molecular weight is 241 g/mol. The lowest BCUT2D eigenvalue weighted by atomic mass is 10.2. The van der Waals surface area contributed by atoms with Crippen LogP contribution in [0.4, 0.5) is 5.82 Å². The van der Waals surface area contributed by atoms with Crippen molar-refractivity contribution in [1.29, 1.82) is 0 Å². The first-order chi connectivity index (χ1) is 7.72. The molecule has 3 N–H and O–H groups in total. The van der Waals surface area contributed by atoms with Gasteiger partial charge in [0.2, 0.25) is 0 Å². The van der Waals surface area contributed by atoms with E-state index in [0.29, 0.717) is 12.4 Å². The molecule has 0 amide bonds. The van der Waals surface area contributed by atoms with E-state index >= 15 is 0 Å². The molecule has 1 aromatic rings. The Labute approximate surface area is 101 Å². The first kappa shape index (κ1) is 13.3. The quantitative estimate of drug-likeness (QED) is 0.434. The molecule has 0 unspecified atom stereocenters. The van der Waals surface area contributed by atoms with Gasteiger partial charge < -0.3 is 10.8 Å². The minimum Gasteiger partial charge on any atom is -0.396 e. The predicted octanol–water partition coefficient (Wildman–Crippen LogP) is 2.01. The van der Waals surface area contributed by atoms with Gasteiger partial charge in [0, 0.05) is 24.1 Å². The lowest BCUT2D eigenvalue weighted by Crippen LogP contribution is -1.97. The zero-order chi connectivity index (χ0) is 11.8. The second-order valence-electron chi connectivity index (χ2n) is 3.70. The number of aryl methyl sites for hydroxylation is 1. The van der Waals surface area contributed by atoms with Crippen LogP contribution in [-0.2, 0) is 0 Å². The summed E-state index contributed by atoms with van der Waals surface area (Å²) in [5.41, 5.74) is 6.55. The molecule has 0 aromatic carbocycles. The van der Waals surface area contributed by atoms with Crippen molar-refractivity contribution in [3.05, 3.63) is 11.8 Å². The third-order valence-corrected chi connectivity index (χ3v) is 3.07. The van der Waals surface area contributed by atoms with Crippen molar-refractivity contribution in [2.24, 2.45) is 0 Å². The second kappa shape index (κ2) is 7.46. The largest absolute Gasteiger partial charge is 0.396 e. The summed E-state index contributed by atoms with van der Waals surface area (Å²) in [6.07, 6.45) is 4.27. The van der Waals surface area contributed by atoms with Gasteiger partial charge in [-0.05, 0) is 19.8 Å². The summed E-state index contributed by atoms with van der Waals surface area (Å²) in [4.78, 5) is 8.46. The molecule has 4 nitrogen and oxygen atoms in total. The normalized spacial score (nSPS) is 10.6. The van der Waals surface area contributed by atoms with Crippen molar-refractivity contribution in [3.8, 4) is 0 Å². The van der Waals surface area contributed by atoms with Crippen LogP contribution in [0.3, 0.4) is 0 Å². The Balaban J connectivity index is 2.21. The third-order valence-electron chi connectivity index (χ3n) is 2.14. The van der Waals surface area contributed by atoms with Gasteiger partial charge in [-0.2, -0.15) is 0 Å². The molecule has 0 aliphatic heterocycles. The number of anilines is 1. The number of aliphatic hydroxyl groups is 1. The highest BCUT2D eigenvalue weighted by Crippen LogP contribution is 2.17. The molecule has 5 heteroatoms. The standard InChI is InChI=1S/C11H19N3OS/c1-9-8-10(12)14-11(13-9)16-7-5-3-2-4-6-15/h8,15H,2-7H2,1H3,(H2,12,13,14). The van der Waals surface area contributed by atoms with Crippen LogP contribution in [0, 0.1) is 6.92 Å². The van der Waals surface area contributed by atoms with Crippen LogP contribution in [0.2, 0.25) is 0 Å². The molecule has 0 aliphatic rings. The number of nitrogen functional groups attached to an aromatic ring is 1. The summed E-state index contributed by atoms with van der Waals surface area (Å²) < 4.78 is 0. The number of thioether (sulfide) groups is 1. The molecule has 0 fully saturated rings. The maximum atomic E-state index is 8.62. The average Bonchev–Trinajstić information content (AvgIpc) is 2.22. The highest BCUT2D eigenvalue weighted by Gasteiger charge is 2.00. The second-order valence-corrected chi connectivity index (χ2v) is 4.77. The third kappa shape index (κ3) is 5.32. The molecule has 0 bridgehead atoms. The number of aromatic nitrogens is 2. The Morgan fingerprint density at radius 2 is 2.00 bits per heavy atom. The number of aliphatic hydroxyl groups excluding tert-OH is 1. The highest BCUT2D eigenvalue weighted by molar-refractivity contribution is 7.99. The van der Waals surface area contributed by atoms with E-state index in [0.717, 1.165) is 42.3 Å². The molecular formula is C11H19N3OS. The Bertz CT molecular complexity index is 300. The fraction of sp³-hybridized carbons (Fsp3) is 0.636. The molecule has 0 saturated heterocycles. The molecule has 1 heterocycles. The van der Waals surface area contributed by atoms with Crippen LogP contribution in [0.1, 0.15) is 31.4 Å². The predicted molar refractivity (Wildman–Crippen MR) is 67.5 cm³/mol. The van der Waals surface area contributed by atoms with E-state index in [1.807, 2.05) is 6.92 Å². The SMILES string of the molecule is Cc1cc(N)nc(SCCCCCCO)n1. The molecule has 1 aromatic heterocycles. The van der Waals surface area contributed by atoms with Crippen LogP contribution in [0.25, 0.3) is 0 Å². The monoisotopic (exact) mass is 241 g/mol. The Morgan fingerprint density at radius 1 is 1.25 bits per heavy atom. The lowest BCUT2D eigenvalue weighted by Gasteiger charge is -2.02. The molecule has 0 spiro atoms. The van der Waals surface area contributed by atoms with Gasteiger partial charge in [-0.15, -0.1) is 0 Å². The van der Waals surface area contributed by atoms with Crippen LogP contribution in [0.15, 0.2) is 11.2 Å². The van der Waals surface area contributed by atoms with E-state index in [1.165, 1.54) is 0 Å². The number of hydrogen-bond acceptors (Lipinski definition) is 5. The van der Waals surface area contributed by atoms with Gasteiger partial charge in [-0.3, -0.25) is 0 Å². The Morgan fingerprint density at radius 3 is 2.69 bits per heavy atom. The maximum absolute atomic E-state index is 8.62. The molecule has 1 rings (SSSR count). The van der Waals surface area contributed by atoms with Gasteiger partial charge in [0.15, 0.2) is 5.16 Å².